The Balaban J connectivity index is 1.77. The second-order valence-electron chi connectivity index (χ2n) is 4.17. The number of nitrogens with zero attached hydrogens (tertiary/aromatic N) is 3. The molecule has 6 heteroatoms. The molecule has 0 amide bonds. The Bertz CT molecular complexity index is 318. The lowest BCUT2D eigenvalue weighted by atomic mass is 10.3. The largest absolute Gasteiger partial charge is 0.368 e. The lowest BCUT2D eigenvalue weighted by Gasteiger charge is -2.24. The molecule has 4 N–H and O–H groups in total. The third kappa shape index (κ3) is 2.59. The molecule has 1 atom stereocenters. The minimum Gasteiger partial charge on any atom is -0.368 e. The average molecular weight is 210 g/mol. The number of aromatic nitrogens is 3. The van der Waals surface area contributed by atoms with Crippen molar-refractivity contribution in [1.29, 1.82) is 0 Å². The van der Waals surface area contributed by atoms with E-state index >= 15 is 0 Å². The fraction of sp³-hybridized carbons (Fsp3) is 0.778. The van der Waals surface area contributed by atoms with Crippen LogP contribution in [0.3, 0.4) is 0 Å². The zero-order valence-corrected chi connectivity index (χ0v) is 9.20. The molecule has 1 aliphatic carbocycles. The van der Waals surface area contributed by atoms with Crippen LogP contribution in [-0.4, -0.2) is 45.8 Å². The molecule has 0 bridgehead atoms. The maximum atomic E-state index is 5.42. The highest BCUT2D eigenvalue weighted by Crippen LogP contribution is 2.26. The number of aromatic amines is 1. The summed E-state index contributed by atoms with van der Waals surface area (Å²) in [7, 11) is 2.16. The van der Waals surface area contributed by atoms with E-state index in [0.717, 1.165) is 12.6 Å². The van der Waals surface area contributed by atoms with Crippen LogP contribution >= 0.6 is 0 Å². The van der Waals surface area contributed by atoms with Gasteiger partial charge in [-0.15, -0.1) is 5.10 Å². The maximum Gasteiger partial charge on any atom is 0.243 e. The summed E-state index contributed by atoms with van der Waals surface area (Å²) in [6.07, 6.45) is 2.66. The number of likely N-dealkylation sites (N-methyl/N-ethyl adjacent to an activating group) is 1. The predicted octanol–water partition coefficient (Wildman–Crippen LogP) is 0.282. The molecular formula is C9H18N6. The van der Waals surface area contributed by atoms with E-state index in [1.807, 2.05) is 0 Å². The van der Waals surface area contributed by atoms with Crippen molar-refractivity contribution in [2.75, 3.05) is 24.6 Å². The Labute approximate surface area is 89.2 Å². The summed E-state index contributed by atoms with van der Waals surface area (Å²) in [5.74, 6) is 0.921. The zero-order valence-electron chi connectivity index (χ0n) is 9.20. The van der Waals surface area contributed by atoms with Gasteiger partial charge in [0.15, 0.2) is 0 Å². The van der Waals surface area contributed by atoms with Crippen LogP contribution in [0, 0.1) is 0 Å². The normalized spacial score (nSPS) is 18.1. The first-order valence-corrected chi connectivity index (χ1v) is 5.30. The molecule has 1 aliphatic rings. The molecular weight excluding hydrogens is 192 g/mol. The predicted molar refractivity (Wildman–Crippen MR) is 59.5 cm³/mol. The molecule has 0 aromatic carbocycles. The lowest BCUT2D eigenvalue weighted by molar-refractivity contribution is 0.257. The van der Waals surface area contributed by atoms with Gasteiger partial charge in [-0.25, -0.2) is 5.10 Å². The van der Waals surface area contributed by atoms with Gasteiger partial charge in [0, 0.05) is 18.6 Å². The molecule has 1 aromatic heterocycles. The quantitative estimate of drug-likeness (QED) is 0.650. The molecule has 1 fully saturated rings. The van der Waals surface area contributed by atoms with Gasteiger partial charge < -0.3 is 11.1 Å². The summed E-state index contributed by atoms with van der Waals surface area (Å²) in [6.45, 7) is 3.03. The smallest absolute Gasteiger partial charge is 0.243 e. The van der Waals surface area contributed by atoms with E-state index < -0.39 is 0 Å². The fourth-order valence-corrected chi connectivity index (χ4v) is 1.58. The number of H-pyrrole nitrogens is 1. The number of rotatable bonds is 5. The van der Waals surface area contributed by atoms with Gasteiger partial charge in [-0.05, 0) is 26.8 Å². The van der Waals surface area contributed by atoms with E-state index in [-0.39, 0.29) is 0 Å². The minimum absolute atomic E-state index is 0.348. The number of hydrogen-bond donors (Lipinski definition) is 3. The topological polar surface area (TPSA) is 82.9 Å². The van der Waals surface area contributed by atoms with Gasteiger partial charge in [0.1, 0.15) is 0 Å². The van der Waals surface area contributed by atoms with Crippen LogP contribution in [0.2, 0.25) is 0 Å². The van der Waals surface area contributed by atoms with Crippen LogP contribution in [0.5, 0.6) is 0 Å². The molecule has 1 saturated carbocycles. The Kier molecular flexibility index (Phi) is 2.77. The highest BCUT2D eigenvalue weighted by atomic mass is 15.3. The molecule has 0 spiro atoms. The Morgan fingerprint density at radius 1 is 1.67 bits per heavy atom. The van der Waals surface area contributed by atoms with Gasteiger partial charge >= 0.3 is 0 Å². The number of hydrogen-bond acceptors (Lipinski definition) is 5. The van der Waals surface area contributed by atoms with Gasteiger partial charge in [-0.3, -0.25) is 4.90 Å². The Morgan fingerprint density at radius 3 is 2.93 bits per heavy atom. The van der Waals surface area contributed by atoms with E-state index in [1.165, 1.54) is 12.8 Å². The summed E-state index contributed by atoms with van der Waals surface area (Å²) >= 11 is 0. The van der Waals surface area contributed by atoms with Crippen molar-refractivity contribution in [2.45, 2.75) is 31.8 Å². The highest BCUT2D eigenvalue weighted by molar-refractivity contribution is 5.29. The molecule has 0 aliphatic heterocycles. The van der Waals surface area contributed by atoms with Crippen molar-refractivity contribution in [1.82, 2.24) is 20.1 Å². The van der Waals surface area contributed by atoms with Crippen LogP contribution in [0.15, 0.2) is 0 Å². The number of nitrogens with two attached hydrogens (primary N) is 1. The lowest BCUT2D eigenvalue weighted by Crippen LogP contribution is -2.36. The van der Waals surface area contributed by atoms with E-state index in [2.05, 4.69) is 39.4 Å². The van der Waals surface area contributed by atoms with Gasteiger partial charge in [-0.1, -0.05) is 0 Å². The molecule has 2 rings (SSSR count). The number of nitrogens with one attached hydrogen (secondary N) is 2. The second-order valence-corrected chi connectivity index (χ2v) is 4.17. The first-order valence-electron chi connectivity index (χ1n) is 5.30. The van der Waals surface area contributed by atoms with Gasteiger partial charge in [0.2, 0.25) is 11.9 Å². The zero-order chi connectivity index (χ0) is 10.8. The third-order valence-corrected chi connectivity index (χ3v) is 2.88. The van der Waals surface area contributed by atoms with Crippen molar-refractivity contribution < 1.29 is 0 Å². The van der Waals surface area contributed by atoms with Crippen LogP contribution in [0.25, 0.3) is 0 Å². The summed E-state index contributed by atoms with van der Waals surface area (Å²) in [6, 6.07) is 1.26. The van der Waals surface area contributed by atoms with E-state index in [4.69, 9.17) is 5.73 Å². The summed E-state index contributed by atoms with van der Waals surface area (Å²) in [4.78, 5) is 6.38. The van der Waals surface area contributed by atoms with E-state index in [9.17, 15) is 0 Å². The minimum atomic E-state index is 0.348. The molecule has 15 heavy (non-hydrogen) atoms. The van der Waals surface area contributed by atoms with Crippen molar-refractivity contribution in [3.63, 3.8) is 0 Å². The van der Waals surface area contributed by atoms with Gasteiger partial charge in [0.25, 0.3) is 0 Å². The van der Waals surface area contributed by atoms with Crippen LogP contribution in [0.1, 0.15) is 19.8 Å². The van der Waals surface area contributed by atoms with Gasteiger partial charge in [-0.2, -0.15) is 4.98 Å². The van der Waals surface area contributed by atoms with Crippen LogP contribution < -0.4 is 11.1 Å². The van der Waals surface area contributed by atoms with E-state index in [0.29, 0.717) is 17.9 Å². The molecule has 84 valence electrons. The summed E-state index contributed by atoms with van der Waals surface area (Å²) in [5.41, 5.74) is 5.42. The third-order valence-electron chi connectivity index (χ3n) is 2.88. The number of nitrogen functional groups attached to an aromatic ring is 1. The average Bonchev–Trinajstić information content (AvgIpc) is 2.98. The fourth-order valence-electron chi connectivity index (χ4n) is 1.58. The molecule has 0 radical (unpaired) electrons. The summed E-state index contributed by atoms with van der Waals surface area (Å²) < 4.78 is 0. The molecule has 1 aromatic rings. The van der Waals surface area contributed by atoms with Crippen molar-refractivity contribution >= 4 is 11.9 Å². The molecule has 1 unspecified atom stereocenters. The highest BCUT2D eigenvalue weighted by Gasteiger charge is 2.28. The van der Waals surface area contributed by atoms with Crippen LogP contribution in [0.4, 0.5) is 11.9 Å². The standard InChI is InChI=1S/C9H18N6/c1-6(15(2)7-3-4-7)5-11-9-12-8(10)13-14-9/h6-7H,3-5H2,1-2H3,(H4,10,11,12,13,14). The van der Waals surface area contributed by atoms with Crippen molar-refractivity contribution in [3.8, 4) is 0 Å². The Hall–Kier alpha value is -1.30. The number of anilines is 2. The first-order chi connectivity index (χ1) is 7.16. The van der Waals surface area contributed by atoms with Gasteiger partial charge in [0.05, 0.1) is 0 Å². The summed E-state index contributed by atoms with van der Waals surface area (Å²) in [5, 5.41) is 9.67. The van der Waals surface area contributed by atoms with Crippen LogP contribution in [-0.2, 0) is 0 Å². The SMILES string of the molecule is CC(CNc1n[nH]c(N)n1)N(C)C1CC1. The molecule has 1 heterocycles. The van der Waals surface area contributed by atoms with Crippen molar-refractivity contribution in [3.05, 3.63) is 0 Å². The Morgan fingerprint density at radius 2 is 2.40 bits per heavy atom. The molecule has 6 nitrogen and oxygen atoms in total. The maximum absolute atomic E-state index is 5.42. The second kappa shape index (κ2) is 4.06. The monoisotopic (exact) mass is 210 g/mol. The van der Waals surface area contributed by atoms with Crippen molar-refractivity contribution in [2.24, 2.45) is 0 Å². The molecule has 0 saturated heterocycles. The van der Waals surface area contributed by atoms with E-state index in [1.54, 1.807) is 0 Å². The first kappa shape index (κ1) is 10.2.